The smallest absolute Gasteiger partial charge is 0.352 e. The minimum Gasteiger partial charge on any atom is -0.352 e. The number of rotatable bonds is 8. The highest BCUT2D eigenvalue weighted by molar-refractivity contribution is 5.84. The maximum absolute atomic E-state index is 12.6. The van der Waals surface area contributed by atoms with Crippen molar-refractivity contribution < 1.29 is 27.6 Å². The largest absolute Gasteiger partial charge is 0.449 e. The van der Waals surface area contributed by atoms with Crippen LogP contribution in [0.5, 0.6) is 0 Å². The average Bonchev–Trinajstić information content (AvgIpc) is 2.52. The van der Waals surface area contributed by atoms with Gasteiger partial charge in [0.2, 0.25) is 11.7 Å². The lowest BCUT2D eigenvalue weighted by molar-refractivity contribution is -0.171. The van der Waals surface area contributed by atoms with Crippen LogP contribution in [-0.2, 0) is 33.8 Å². The predicted octanol–water partition coefficient (Wildman–Crippen LogP) is 3.83. The number of ketones is 2. The first-order valence-corrected chi connectivity index (χ1v) is 8.80. The lowest BCUT2D eigenvalue weighted by Crippen LogP contribution is -2.24. The number of hydrogen-bond donors (Lipinski definition) is 1. The van der Waals surface area contributed by atoms with Crippen molar-refractivity contribution in [2.75, 3.05) is 0 Å². The molecule has 0 unspecified atom stereocenters. The van der Waals surface area contributed by atoms with Crippen LogP contribution in [0.25, 0.3) is 0 Å². The van der Waals surface area contributed by atoms with Crippen molar-refractivity contribution in [2.24, 2.45) is 0 Å². The number of benzene rings is 1. The van der Waals surface area contributed by atoms with Crippen molar-refractivity contribution >= 4 is 17.5 Å². The van der Waals surface area contributed by atoms with E-state index in [1.165, 1.54) is 13.8 Å². The van der Waals surface area contributed by atoms with Crippen LogP contribution in [0, 0.1) is 20.8 Å². The number of amides is 1. The molecule has 150 valence electrons. The van der Waals surface area contributed by atoms with E-state index in [1.54, 1.807) is 6.92 Å². The summed E-state index contributed by atoms with van der Waals surface area (Å²) in [6, 6.07) is 0. The normalized spacial score (nSPS) is 11.4. The maximum atomic E-state index is 12.6. The zero-order valence-electron chi connectivity index (χ0n) is 16.4. The van der Waals surface area contributed by atoms with Gasteiger partial charge in [-0.05, 0) is 73.9 Å². The molecule has 0 aliphatic heterocycles. The van der Waals surface area contributed by atoms with Gasteiger partial charge in [0.1, 0.15) is 5.78 Å². The Labute approximate surface area is 157 Å². The first-order valence-electron chi connectivity index (χ1n) is 8.80. The van der Waals surface area contributed by atoms with Gasteiger partial charge in [-0.1, -0.05) is 0 Å². The highest BCUT2D eigenvalue weighted by Crippen LogP contribution is 2.30. The molecular weight excluding hydrogens is 359 g/mol. The van der Waals surface area contributed by atoms with Crippen molar-refractivity contribution in [3.05, 3.63) is 33.4 Å². The molecule has 0 saturated carbocycles. The van der Waals surface area contributed by atoms with Gasteiger partial charge < -0.3 is 10.1 Å². The molecule has 0 fully saturated rings. The molecule has 1 amide bonds. The number of carbonyl (C=O) groups is 3. The van der Waals surface area contributed by atoms with Crippen molar-refractivity contribution in [3.8, 4) is 0 Å². The summed E-state index contributed by atoms with van der Waals surface area (Å²) in [5, 5.41) is 2.72. The number of hydrogen-bond acceptors (Lipinski definition) is 3. The van der Waals surface area contributed by atoms with Gasteiger partial charge in [-0.25, -0.2) is 0 Å². The molecule has 4 nitrogen and oxygen atoms in total. The first-order chi connectivity index (χ1) is 12.4. The van der Waals surface area contributed by atoms with Crippen LogP contribution in [0.3, 0.4) is 0 Å². The molecule has 0 bridgehead atoms. The lowest BCUT2D eigenvalue weighted by atomic mass is 9.84. The van der Waals surface area contributed by atoms with Crippen LogP contribution in [0.15, 0.2) is 0 Å². The maximum Gasteiger partial charge on any atom is 0.449 e. The minimum atomic E-state index is -4.84. The predicted molar refractivity (Wildman–Crippen MR) is 96.6 cm³/mol. The Morgan fingerprint density at radius 3 is 1.67 bits per heavy atom. The molecule has 1 aromatic carbocycles. The molecule has 0 heterocycles. The van der Waals surface area contributed by atoms with Gasteiger partial charge in [0, 0.05) is 26.3 Å². The summed E-state index contributed by atoms with van der Waals surface area (Å²) in [6.45, 7) is 8.61. The third kappa shape index (κ3) is 6.19. The topological polar surface area (TPSA) is 63.2 Å². The molecule has 0 atom stereocenters. The highest BCUT2D eigenvalue weighted by Gasteiger charge is 2.37. The molecule has 0 aromatic heterocycles. The van der Waals surface area contributed by atoms with Crippen molar-refractivity contribution in [1.82, 2.24) is 5.32 Å². The Hall–Kier alpha value is -2.18. The van der Waals surface area contributed by atoms with Crippen LogP contribution >= 0.6 is 0 Å². The Balaban J connectivity index is 3.35. The molecule has 1 N–H and O–H groups in total. The summed E-state index contributed by atoms with van der Waals surface area (Å²) in [5.41, 5.74) is 4.91. The second-order valence-electron chi connectivity index (χ2n) is 6.84. The molecule has 0 radical (unpaired) electrons. The molecule has 0 aliphatic rings. The third-order valence-corrected chi connectivity index (χ3v) is 4.88. The zero-order valence-corrected chi connectivity index (χ0v) is 16.4. The molecule has 0 saturated heterocycles. The Kier molecular flexibility index (Phi) is 7.75. The Morgan fingerprint density at radius 1 is 0.815 bits per heavy atom. The summed E-state index contributed by atoms with van der Waals surface area (Å²) in [6.07, 6.45) is -4.70. The lowest BCUT2D eigenvalue weighted by Gasteiger charge is -2.22. The van der Waals surface area contributed by atoms with E-state index in [0.717, 1.165) is 27.8 Å². The van der Waals surface area contributed by atoms with Crippen LogP contribution in [0.2, 0.25) is 0 Å². The summed E-state index contributed by atoms with van der Waals surface area (Å²) in [5.74, 6) is -1.95. The summed E-state index contributed by atoms with van der Waals surface area (Å²) < 4.78 is 37.7. The van der Waals surface area contributed by atoms with Gasteiger partial charge in [-0.2, -0.15) is 13.2 Å². The van der Waals surface area contributed by atoms with Gasteiger partial charge >= 0.3 is 6.18 Å². The van der Waals surface area contributed by atoms with Crippen LogP contribution in [-0.4, -0.2) is 23.6 Å². The highest BCUT2D eigenvalue weighted by atomic mass is 19.4. The molecule has 1 aromatic rings. The standard InChI is InChI=1S/C20H26F3NO3/c1-11(25)6-7-16-12(2)17(8-9-19(27)20(21,22)23)14(4)18(13(16)3)10-24-15(5)26/h6-10H2,1-5H3,(H,24,26). The van der Waals surface area contributed by atoms with Crippen molar-refractivity contribution in [3.63, 3.8) is 0 Å². The van der Waals surface area contributed by atoms with E-state index >= 15 is 0 Å². The van der Waals surface area contributed by atoms with E-state index in [-0.39, 0.29) is 24.7 Å². The van der Waals surface area contributed by atoms with Gasteiger partial charge in [-0.15, -0.1) is 0 Å². The monoisotopic (exact) mass is 385 g/mol. The fourth-order valence-electron chi connectivity index (χ4n) is 3.30. The van der Waals surface area contributed by atoms with Crippen LogP contribution in [0.4, 0.5) is 13.2 Å². The minimum absolute atomic E-state index is 0.0200. The average molecular weight is 385 g/mol. The number of alkyl halides is 3. The van der Waals surface area contributed by atoms with E-state index in [0.29, 0.717) is 18.4 Å². The second kappa shape index (κ2) is 9.15. The molecule has 7 heteroatoms. The summed E-state index contributed by atoms with van der Waals surface area (Å²) >= 11 is 0. The van der Waals surface area contributed by atoms with E-state index in [2.05, 4.69) is 5.32 Å². The van der Waals surface area contributed by atoms with E-state index < -0.39 is 18.4 Å². The second-order valence-corrected chi connectivity index (χ2v) is 6.84. The van der Waals surface area contributed by atoms with Crippen molar-refractivity contribution in [2.45, 2.75) is 73.0 Å². The van der Waals surface area contributed by atoms with Gasteiger partial charge in [0.05, 0.1) is 0 Å². The summed E-state index contributed by atoms with van der Waals surface area (Å²) in [7, 11) is 0. The van der Waals surface area contributed by atoms with Crippen molar-refractivity contribution in [1.29, 1.82) is 0 Å². The Morgan fingerprint density at radius 2 is 1.26 bits per heavy atom. The molecular formula is C20H26F3NO3. The van der Waals surface area contributed by atoms with E-state index in [9.17, 15) is 27.6 Å². The third-order valence-electron chi connectivity index (χ3n) is 4.88. The quantitative estimate of drug-likeness (QED) is 0.740. The van der Waals surface area contributed by atoms with Crippen LogP contribution in [0.1, 0.15) is 60.1 Å². The van der Waals surface area contributed by atoms with Crippen LogP contribution < -0.4 is 5.32 Å². The van der Waals surface area contributed by atoms with Gasteiger partial charge in [0.15, 0.2) is 0 Å². The fraction of sp³-hybridized carbons (Fsp3) is 0.550. The number of carbonyl (C=O) groups excluding carboxylic acids is 3. The molecule has 1 rings (SSSR count). The fourth-order valence-corrected chi connectivity index (χ4v) is 3.30. The molecule has 0 spiro atoms. The summed E-state index contributed by atoms with van der Waals surface area (Å²) in [4.78, 5) is 34.0. The Bertz CT molecular complexity index is 707. The number of nitrogens with one attached hydrogen (secondary N) is 1. The zero-order chi connectivity index (χ0) is 20.9. The number of halogens is 3. The molecule has 27 heavy (non-hydrogen) atoms. The number of Topliss-reactive ketones (excluding diaryl/α,β-unsaturated/α-hetero) is 2. The van der Waals surface area contributed by atoms with E-state index in [4.69, 9.17) is 0 Å². The molecule has 0 aliphatic carbocycles. The van der Waals surface area contributed by atoms with Gasteiger partial charge in [-0.3, -0.25) is 9.59 Å². The first kappa shape index (κ1) is 22.9. The van der Waals surface area contributed by atoms with Gasteiger partial charge in [0.25, 0.3) is 0 Å². The SMILES string of the molecule is CC(=O)CCc1c(C)c(CCC(=O)C(F)(F)F)c(C)c(CNC(C)=O)c1C. The van der Waals surface area contributed by atoms with E-state index in [1.807, 2.05) is 13.8 Å².